The molecule has 0 radical (unpaired) electrons. The van der Waals surface area contributed by atoms with Gasteiger partial charge in [-0.3, -0.25) is 37.3 Å². The van der Waals surface area contributed by atoms with Crippen LogP contribution < -0.4 is 0 Å². The van der Waals surface area contributed by atoms with Crippen LogP contribution in [-0.4, -0.2) is 96.7 Å². The summed E-state index contributed by atoms with van der Waals surface area (Å²) in [6.07, 6.45) is 43.3. The summed E-state index contributed by atoms with van der Waals surface area (Å²) in [5.74, 6) is -1.47. The Balaban J connectivity index is 5.20. The molecule has 0 spiro atoms. The summed E-state index contributed by atoms with van der Waals surface area (Å²) >= 11 is 0. The normalized spacial score (nSPS) is 14.2. The van der Waals surface area contributed by atoms with Gasteiger partial charge in [0, 0.05) is 25.7 Å². The number of hydrogen-bond acceptors (Lipinski definition) is 15. The Morgan fingerprint density at radius 3 is 0.810 bits per heavy atom. The van der Waals surface area contributed by atoms with E-state index in [1.807, 2.05) is 0 Å². The van der Waals surface area contributed by atoms with E-state index in [0.29, 0.717) is 31.6 Å². The topological polar surface area (TPSA) is 237 Å². The van der Waals surface area contributed by atoms with E-state index in [1.165, 1.54) is 141 Å². The van der Waals surface area contributed by atoms with Gasteiger partial charge in [-0.15, -0.1) is 0 Å². The van der Waals surface area contributed by atoms with Crippen LogP contribution in [0.2, 0.25) is 0 Å². The molecule has 0 rings (SSSR count). The summed E-state index contributed by atoms with van der Waals surface area (Å²) in [4.78, 5) is 72.1. The van der Waals surface area contributed by atoms with Crippen LogP contribution in [0.1, 0.15) is 330 Å². The third kappa shape index (κ3) is 59.0. The van der Waals surface area contributed by atoms with Crippen LogP contribution in [-0.2, 0) is 65.4 Å². The molecule has 0 amide bonds. The SMILES string of the molecule is CCCCCCCCCCCCCCCCCC(=O)O[C@H](COC(=O)CCCCCCCCCCCCCCC)COP(=O)(O)OC[C@@H](O)COP(=O)(O)OC[C@@H](COC(=O)CCCCCCCCC)OC(=O)CCCCCCCCC(C)C. The van der Waals surface area contributed by atoms with E-state index in [4.69, 9.17) is 37.0 Å². The number of hydrogen-bond donors (Lipinski definition) is 3. The summed E-state index contributed by atoms with van der Waals surface area (Å²) in [5, 5.41) is 10.5. The Hall–Kier alpha value is -1.94. The number of aliphatic hydroxyl groups excluding tert-OH is 1. The Bertz CT molecular complexity index is 1640. The Morgan fingerprint density at radius 2 is 0.548 bits per heavy atom. The second kappa shape index (κ2) is 58.7. The number of unbranched alkanes of at least 4 members (excludes halogenated alkanes) is 37. The van der Waals surface area contributed by atoms with Gasteiger partial charge in [0.15, 0.2) is 12.2 Å². The van der Waals surface area contributed by atoms with Crippen molar-refractivity contribution in [2.45, 2.75) is 348 Å². The van der Waals surface area contributed by atoms with E-state index < -0.39 is 97.5 Å². The monoisotopic (exact) mass is 1240 g/mol. The third-order valence-electron chi connectivity index (χ3n) is 15.0. The molecule has 0 aliphatic heterocycles. The van der Waals surface area contributed by atoms with Gasteiger partial charge in [0.2, 0.25) is 0 Å². The van der Waals surface area contributed by atoms with Crippen molar-refractivity contribution in [2.24, 2.45) is 5.92 Å². The largest absolute Gasteiger partial charge is 0.472 e. The van der Waals surface area contributed by atoms with Crippen LogP contribution in [0.15, 0.2) is 0 Å². The van der Waals surface area contributed by atoms with Gasteiger partial charge >= 0.3 is 39.5 Å². The maximum atomic E-state index is 13.0. The highest BCUT2D eigenvalue weighted by Gasteiger charge is 2.30. The number of aliphatic hydroxyl groups is 1. The molecule has 0 aromatic heterocycles. The van der Waals surface area contributed by atoms with Crippen LogP contribution in [0.25, 0.3) is 0 Å². The summed E-state index contributed by atoms with van der Waals surface area (Å²) in [5.41, 5.74) is 0. The first-order valence-electron chi connectivity index (χ1n) is 34.1. The molecule has 0 bridgehead atoms. The fourth-order valence-corrected chi connectivity index (χ4v) is 11.3. The quantitative estimate of drug-likeness (QED) is 0.0222. The smallest absolute Gasteiger partial charge is 0.462 e. The Morgan fingerprint density at radius 1 is 0.321 bits per heavy atom. The van der Waals surface area contributed by atoms with Crippen molar-refractivity contribution in [1.29, 1.82) is 0 Å². The molecule has 0 aliphatic carbocycles. The molecule has 84 heavy (non-hydrogen) atoms. The molecule has 498 valence electrons. The van der Waals surface area contributed by atoms with Gasteiger partial charge in [-0.1, -0.05) is 279 Å². The van der Waals surface area contributed by atoms with Gasteiger partial charge in [0.1, 0.15) is 19.3 Å². The first kappa shape index (κ1) is 82.1. The van der Waals surface area contributed by atoms with Crippen molar-refractivity contribution in [3.05, 3.63) is 0 Å². The summed E-state index contributed by atoms with van der Waals surface area (Å²) in [6.45, 7) is 7.08. The molecular weight excluding hydrogens is 1110 g/mol. The zero-order valence-corrected chi connectivity index (χ0v) is 55.8. The van der Waals surface area contributed by atoms with Crippen molar-refractivity contribution in [2.75, 3.05) is 39.6 Å². The maximum Gasteiger partial charge on any atom is 0.472 e. The third-order valence-corrected chi connectivity index (χ3v) is 16.9. The predicted molar refractivity (Wildman–Crippen MR) is 335 cm³/mol. The summed E-state index contributed by atoms with van der Waals surface area (Å²) in [7, 11) is -9.88. The van der Waals surface area contributed by atoms with Crippen molar-refractivity contribution in [3.8, 4) is 0 Å². The van der Waals surface area contributed by atoms with Crippen molar-refractivity contribution in [3.63, 3.8) is 0 Å². The van der Waals surface area contributed by atoms with E-state index in [2.05, 4.69) is 34.6 Å². The molecule has 0 aromatic carbocycles. The van der Waals surface area contributed by atoms with Crippen molar-refractivity contribution < 1.29 is 80.2 Å². The van der Waals surface area contributed by atoms with Gasteiger partial charge in [0.25, 0.3) is 0 Å². The minimum absolute atomic E-state index is 0.102. The number of phosphoric acid groups is 2. The highest BCUT2D eigenvalue weighted by Crippen LogP contribution is 2.45. The number of rotatable bonds is 65. The van der Waals surface area contributed by atoms with E-state index >= 15 is 0 Å². The first-order chi connectivity index (χ1) is 40.5. The van der Waals surface area contributed by atoms with Gasteiger partial charge in [0.05, 0.1) is 26.4 Å². The minimum Gasteiger partial charge on any atom is -0.462 e. The van der Waals surface area contributed by atoms with Crippen LogP contribution >= 0.6 is 15.6 Å². The molecule has 2 unspecified atom stereocenters. The Kier molecular flexibility index (Phi) is 57.4. The molecular formula is C65H126O17P2. The van der Waals surface area contributed by atoms with E-state index in [0.717, 1.165) is 103 Å². The zero-order chi connectivity index (χ0) is 62.0. The molecule has 0 fully saturated rings. The van der Waals surface area contributed by atoms with Crippen LogP contribution in [0.4, 0.5) is 0 Å². The molecule has 0 saturated carbocycles. The van der Waals surface area contributed by atoms with Gasteiger partial charge in [-0.05, 0) is 31.6 Å². The standard InChI is InChI=1S/C65H126O17P2/c1-6-9-12-15-18-20-22-24-25-27-29-31-34-40-45-50-64(69)81-60(55-76-63(68)49-44-39-33-30-28-26-23-21-19-16-13-10-7-2)56-79-83(71,72)77-52-59(66)53-78-84(73,74)80-57-61(54-75-62(67)48-43-38-32-17-14-11-8-3)82-65(70)51-46-41-36-35-37-42-47-58(4)5/h58-61,66H,6-57H2,1-5H3,(H,71,72)(H,73,74)/t59-,60-,61-/m1/s1. The predicted octanol–water partition coefficient (Wildman–Crippen LogP) is 18.2. The lowest BCUT2D eigenvalue weighted by Gasteiger charge is -2.21. The van der Waals surface area contributed by atoms with Gasteiger partial charge in [-0.25, -0.2) is 9.13 Å². The summed E-state index contributed by atoms with van der Waals surface area (Å²) in [6, 6.07) is 0. The van der Waals surface area contributed by atoms with Gasteiger partial charge in [-0.2, -0.15) is 0 Å². The van der Waals surface area contributed by atoms with Crippen molar-refractivity contribution in [1.82, 2.24) is 0 Å². The average molecular weight is 1240 g/mol. The summed E-state index contributed by atoms with van der Waals surface area (Å²) < 4.78 is 67.9. The number of carbonyl (C=O) groups is 4. The minimum atomic E-state index is -4.94. The number of carbonyl (C=O) groups excluding carboxylic acids is 4. The van der Waals surface area contributed by atoms with E-state index in [-0.39, 0.29) is 25.7 Å². The lowest BCUT2D eigenvalue weighted by molar-refractivity contribution is -0.161. The van der Waals surface area contributed by atoms with E-state index in [1.54, 1.807) is 0 Å². The zero-order valence-electron chi connectivity index (χ0n) is 54.0. The highest BCUT2D eigenvalue weighted by molar-refractivity contribution is 7.47. The maximum absolute atomic E-state index is 13.0. The second-order valence-corrected chi connectivity index (χ2v) is 26.9. The fourth-order valence-electron chi connectivity index (χ4n) is 9.76. The lowest BCUT2D eigenvalue weighted by atomic mass is 10.0. The number of esters is 4. The fraction of sp³-hybridized carbons (Fsp3) is 0.938. The first-order valence-corrected chi connectivity index (χ1v) is 37.1. The van der Waals surface area contributed by atoms with Crippen LogP contribution in [0.3, 0.4) is 0 Å². The average Bonchev–Trinajstić information content (AvgIpc) is 3.58. The molecule has 0 heterocycles. The Labute approximate surface area is 511 Å². The van der Waals surface area contributed by atoms with Gasteiger partial charge < -0.3 is 33.8 Å². The van der Waals surface area contributed by atoms with Crippen molar-refractivity contribution >= 4 is 39.5 Å². The van der Waals surface area contributed by atoms with Crippen LogP contribution in [0.5, 0.6) is 0 Å². The molecule has 3 N–H and O–H groups in total. The number of ether oxygens (including phenoxy) is 4. The molecule has 5 atom stereocenters. The molecule has 19 heteroatoms. The van der Waals surface area contributed by atoms with Crippen LogP contribution in [0, 0.1) is 5.92 Å². The molecule has 0 aliphatic rings. The second-order valence-electron chi connectivity index (χ2n) is 24.0. The molecule has 0 aromatic rings. The van der Waals surface area contributed by atoms with E-state index in [9.17, 15) is 43.2 Å². The highest BCUT2D eigenvalue weighted by atomic mass is 31.2. The lowest BCUT2D eigenvalue weighted by Crippen LogP contribution is -2.30. The molecule has 17 nitrogen and oxygen atoms in total. The number of phosphoric ester groups is 2. The molecule has 0 saturated heterocycles.